The van der Waals surface area contributed by atoms with Gasteiger partial charge in [-0.3, -0.25) is 4.79 Å². The predicted molar refractivity (Wildman–Crippen MR) is 57.5 cm³/mol. The average molecular weight is 264 g/mol. The SMILES string of the molecule is CC(C)C1=NN(C(=O)C2CC2)[C@@](O)(C(F)(F)F)C1. The van der Waals surface area contributed by atoms with E-state index in [0.29, 0.717) is 12.8 Å². The summed E-state index contributed by atoms with van der Waals surface area (Å²) < 4.78 is 38.9. The molecule has 0 aromatic carbocycles. The first-order valence-corrected chi connectivity index (χ1v) is 5.87. The van der Waals surface area contributed by atoms with E-state index in [1.165, 1.54) is 0 Å². The molecule has 7 heteroatoms. The fraction of sp³-hybridized carbons (Fsp3) is 0.818. The molecule has 1 N–H and O–H groups in total. The van der Waals surface area contributed by atoms with Crippen LogP contribution in [0.1, 0.15) is 33.1 Å². The number of amides is 1. The van der Waals surface area contributed by atoms with E-state index in [9.17, 15) is 23.1 Å². The normalized spacial score (nSPS) is 28.8. The molecule has 18 heavy (non-hydrogen) atoms. The summed E-state index contributed by atoms with van der Waals surface area (Å²) in [5, 5.41) is 13.8. The van der Waals surface area contributed by atoms with Gasteiger partial charge in [-0.1, -0.05) is 13.8 Å². The van der Waals surface area contributed by atoms with Crippen LogP contribution in [0.5, 0.6) is 0 Å². The zero-order valence-corrected chi connectivity index (χ0v) is 10.2. The molecular weight excluding hydrogens is 249 g/mol. The second kappa shape index (κ2) is 3.94. The molecule has 0 unspecified atom stereocenters. The van der Waals surface area contributed by atoms with Crippen LogP contribution in [-0.2, 0) is 4.79 Å². The van der Waals surface area contributed by atoms with Gasteiger partial charge in [-0.15, -0.1) is 0 Å². The van der Waals surface area contributed by atoms with Crippen molar-refractivity contribution < 1.29 is 23.1 Å². The molecule has 0 bridgehead atoms. The fourth-order valence-electron chi connectivity index (χ4n) is 1.85. The molecule has 4 nitrogen and oxygen atoms in total. The Morgan fingerprint density at radius 1 is 1.50 bits per heavy atom. The minimum atomic E-state index is -4.91. The lowest BCUT2D eigenvalue weighted by Gasteiger charge is -2.32. The fourth-order valence-corrected chi connectivity index (χ4v) is 1.85. The molecule has 0 aromatic heterocycles. The van der Waals surface area contributed by atoms with Crippen LogP contribution in [0.15, 0.2) is 5.10 Å². The Labute approximate surface area is 102 Å². The summed E-state index contributed by atoms with van der Waals surface area (Å²) in [6.45, 7) is 3.36. The molecule has 0 saturated heterocycles. The van der Waals surface area contributed by atoms with Crippen molar-refractivity contribution in [2.45, 2.75) is 45.0 Å². The van der Waals surface area contributed by atoms with Crippen LogP contribution in [0.25, 0.3) is 0 Å². The lowest BCUT2D eigenvalue weighted by atomic mass is 9.99. The summed E-state index contributed by atoms with van der Waals surface area (Å²) in [5.41, 5.74) is -2.98. The molecule has 1 amide bonds. The molecule has 2 rings (SSSR count). The maximum Gasteiger partial charge on any atom is 0.438 e. The number of hydrazone groups is 1. The van der Waals surface area contributed by atoms with Crippen LogP contribution in [0.3, 0.4) is 0 Å². The predicted octanol–water partition coefficient (Wildman–Crippen LogP) is 1.89. The van der Waals surface area contributed by atoms with Gasteiger partial charge in [-0.25, -0.2) is 0 Å². The van der Waals surface area contributed by atoms with Crippen molar-refractivity contribution in [2.75, 3.05) is 0 Å². The summed E-state index contributed by atoms with van der Waals surface area (Å²) in [5.74, 6) is -1.39. The molecule has 1 fully saturated rings. The van der Waals surface area contributed by atoms with Crippen LogP contribution >= 0.6 is 0 Å². The summed E-state index contributed by atoms with van der Waals surface area (Å²) in [7, 11) is 0. The molecule has 1 aliphatic carbocycles. The highest BCUT2D eigenvalue weighted by molar-refractivity contribution is 5.92. The maximum absolute atomic E-state index is 13.0. The monoisotopic (exact) mass is 264 g/mol. The summed E-state index contributed by atoms with van der Waals surface area (Å²) in [6.07, 6.45) is -4.43. The molecule has 1 heterocycles. The first kappa shape index (κ1) is 13.3. The number of rotatable bonds is 2. The van der Waals surface area contributed by atoms with E-state index >= 15 is 0 Å². The van der Waals surface area contributed by atoms with Gasteiger partial charge in [0.2, 0.25) is 5.91 Å². The average Bonchev–Trinajstić information content (AvgIpc) is 2.99. The third kappa shape index (κ3) is 2.00. The lowest BCUT2D eigenvalue weighted by Crippen LogP contribution is -2.57. The van der Waals surface area contributed by atoms with E-state index in [4.69, 9.17) is 0 Å². The van der Waals surface area contributed by atoms with Gasteiger partial charge in [-0.05, 0) is 18.8 Å². The maximum atomic E-state index is 13.0. The largest absolute Gasteiger partial charge is 0.438 e. The van der Waals surface area contributed by atoms with Crippen LogP contribution in [-0.4, -0.2) is 33.6 Å². The highest BCUT2D eigenvalue weighted by atomic mass is 19.4. The Balaban J connectivity index is 2.33. The standard InChI is InChI=1S/C11H15F3N2O2/c1-6(2)8-5-10(18,11(12,13)14)16(15-8)9(17)7-3-4-7/h6-7,18H,3-5H2,1-2H3/t10-/m0/s1. The number of hydrogen-bond acceptors (Lipinski definition) is 3. The van der Waals surface area contributed by atoms with Crippen molar-refractivity contribution in [3.8, 4) is 0 Å². The third-order valence-electron chi connectivity index (χ3n) is 3.26. The van der Waals surface area contributed by atoms with E-state index in [1.807, 2.05) is 0 Å². The van der Waals surface area contributed by atoms with Crippen molar-refractivity contribution in [1.82, 2.24) is 5.01 Å². The van der Waals surface area contributed by atoms with Crippen LogP contribution in [0, 0.1) is 11.8 Å². The molecule has 1 aliphatic heterocycles. The second-order valence-corrected chi connectivity index (χ2v) is 5.16. The Bertz CT molecular complexity index is 402. The van der Waals surface area contributed by atoms with Crippen LogP contribution in [0.2, 0.25) is 0 Å². The number of alkyl halides is 3. The summed E-state index contributed by atoms with van der Waals surface area (Å²) >= 11 is 0. The minimum Gasteiger partial charge on any atom is -0.362 e. The number of carbonyl (C=O) groups excluding carboxylic acids is 1. The number of nitrogens with zero attached hydrogens (tertiary/aromatic N) is 2. The Morgan fingerprint density at radius 2 is 2.06 bits per heavy atom. The summed E-state index contributed by atoms with van der Waals surface area (Å²) in [6, 6.07) is 0. The third-order valence-corrected chi connectivity index (χ3v) is 3.26. The van der Waals surface area contributed by atoms with Gasteiger partial charge >= 0.3 is 6.18 Å². The van der Waals surface area contributed by atoms with Crippen LogP contribution in [0.4, 0.5) is 13.2 Å². The lowest BCUT2D eigenvalue weighted by molar-refractivity contribution is -0.302. The first-order valence-electron chi connectivity index (χ1n) is 5.87. The topological polar surface area (TPSA) is 52.9 Å². The van der Waals surface area contributed by atoms with Gasteiger partial charge in [0, 0.05) is 18.1 Å². The Hall–Kier alpha value is -1.11. The molecule has 1 atom stereocenters. The Kier molecular flexibility index (Phi) is 2.92. The van der Waals surface area contributed by atoms with Gasteiger partial charge in [-0.2, -0.15) is 23.3 Å². The molecule has 102 valence electrons. The minimum absolute atomic E-state index is 0.198. The number of carbonyl (C=O) groups is 1. The van der Waals surface area contributed by atoms with Crippen molar-refractivity contribution in [3.63, 3.8) is 0 Å². The van der Waals surface area contributed by atoms with Crippen molar-refractivity contribution >= 4 is 11.6 Å². The van der Waals surface area contributed by atoms with Gasteiger partial charge in [0.25, 0.3) is 5.72 Å². The zero-order chi connectivity index (χ0) is 13.7. The number of aliphatic hydroxyl groups is 1. The molecule has 0 radical (unpaired) electrons. The van der Waals surface area contributed by atoms with Gasteiger partial charge in [0.1, 0.15) is 0 Å². The molecule has 1 saturated carbocycles. The highest BCUT2D eigenvalue weighted by Gasteiger charge is 2.64. The van der Waals surface area contributed by atoms with E-state index in [0.717, 1.165) is 0 Å². The smallest absolute Gasteiger partial charge is 0.362 e. The molecular formula is C11H15F3N2O2. The summed E-state index contributed by atoms with van der Waals surface area (Å²) in [4.78, 5) is 11.8. The number of halogens is 3. The van der Waals surface area contributed by atoms with E-state index in [1.54, 1.807) is 13.8 Å². The van der Waals surface area contributed by atoms with Crippen molar-refractivity contribution in [2.24, 2.45) is 16.9 Å². The quantitative estimate of drug-likeness (QED) is 0.828. The van der Waals surface area contributed by atoms with Gasteiger partial charge in [0.15, 0.2) is 0 Å². The molecule has 2 aliphatic rings. The first-order chi connectivity index (χ1) is 8.17. The Morgan fingerprint density at radius 3 is 2.44 bits per heavy atom. The van der Waals surface area contributed by atoms with Crippen molar-refractivity contribution in [1.29, 1.82) is 0 Å². The zero-order valence-electron chi connectivity index (χ0n) is 10.2. The van der Waals surface area contributed by atoms with E-state index < -0.39 is 30.1 Å². The van der Waals surface area contributed by atoms with Gasteiger partial charge in [0.05, 0.1) is 0 Å². The molecule has 0 aromatic rings. The van der Waals surface area contributed by atoms with Crippen LogP contribution < -0.4 is 0 Å². The van der Waals surface area contributed by atoms with E-state index in [2.05, 4.69) is 5.10 Å². The second-order valence-electron chi connectivity index (χ2n) is 5.16. The number of hydrogen-bond donors (Lipinski definition) is 1. The van der Waals surface area contributed by atoms with E-state index in [-0.39, 0.29) is 16.6 Å². The van der Waals surface area contributed by atoms with Gasteiger partial charge < -0.3 is 5.11 Å². The van der Waals surface area contributed by atoms with Crippen molar-refractivity contribution in [3.05, 3.63) is 0 Å². The highest BCUT2D eigenvalue weighted by Crippen LogP contribution is 2.44. The molecule has 0 spiro atoms.